The number of rotatable bonds is 5. The molecule has 1 amide bonds. The molecule has 1 aliphatic rings. The minimum Gasteiger partial charge on any atom is -0.326 e. The van der Waals surface area contributed by atoms with E-state index in [0.29, 0.717) is 46.2 Å². The molecule has 2 heterocycles. The highest BCUT2D eigenvalue weighted by molar-refractivity contribution is 7.88. The Kier molecular flexibility index (Phi) is 6.59. The summed E-state index contributed by atoms with van der Waals surface area (Å²) in [7, 11) is -0.351. The standard InChI is InChI=1S/C22H24Cl2N4O4S/c1-26-19-9-8-15(11-20(19)27(2)22(26)30)25-21(29)14-5-4-10-28(12-14)33(31,32)13-16-17(23)6-3-7-18(16)24/h3,6-9,11,14H,4-5,10,12-13H2,1-2H3,(H,25,29)/t14-/m1/s1. The number of halogens is 2. The number of imidazole rings is 1. The zero-order valence-electron chi connectivity index (χ0n) is 18.2. The van der Waals surface area contributed by atoms with Gasteiger partial charge < -0.3 is 5.32 Å². The molecule has 3 aromatic rings. The van der Waals surface area contributed by atoms with Crippen molar-refractivity contribution in [2.75, 3.05) is 18.4 Å². The van der Waals surface area contributed by atoms with Gasteiger partial charge in [0.05, 0.1) is 22.7 Å². The smallest absolute Gasteiger partial charge is 0.326 e. The highest BCUT2D eigenvalue weighted by Gasteiger charge is 2.33. The lowest BCUT2D eigenvalue weighted by Gasteiger charge is -2.31. The van der Waals surface area contributed by atoms with Crippen LogP contribution < -0.4 is 11.0 Å². The number of piperidine rings is 1. The number of sulfonamides is 1. The molecule has 11 heteroatoms. The van der Waals surface area contributed by atoms with Crippen LogP contribution in [0.1, 0.15) is 18.4 Å². The van der Waals surface area contributed by atoms with E-state index in [9.17, 15) is 18.0 Å². The summed E-state index contributed by atoms with van der Waals surface area (Å²) in [6.07, 6.45) is 1.15. The third-order valence-electron chi connectivity index (χ3n) is 6.08. The molecule has 0 saturated carbocycles. The third kappa shape index (κ3) is 4.68. The van der Waals surface area contributed by atoms with Crippen LogP contribution in [0.3, 0.4) is 0 Å². The van der Waals surface area contributed by atoms with Crippen LogP contribution in [0.2, 0.25) is 10.0 Å². The quantitative estimate of drug-likeness (QED) is 0.569. The molecule has 1 aliphatic heterocycles. The van der Waals surface area contributed by atoms with Crippen molar-refractivity contribution >= 4 is 55.9 Å². The second kappa shape index (κ2) is 9.13. The molecule has 0 bridgehead atoms. The molecule has 1 aromatic heterocycles. The maximum Gasteiger partial charge on any atom is 0.328 e. The maximum absolute atomic E-state index is 13.0. The number of hydrogen-bond acceptors (Lipinski definition) is 4. The fraction of sp³-hybridized carbons (Fsp3) is 0.364. The molecule has 1 saturated heterocycles. The topological polar surface area (TPSA) is 93.4 Å². The van der Waals surface area contributed by atoms with Crippen LogP contribution in [0.25, 0.3) is 11.0 Å². The molecule has 176 valence electrons. The van der Waals surface area contributed by atoms with Gasteiger partial charge >= 0.3 is 5.69 Å². The second-order valence-electron chi connectivity index (χ2n) is 8.25. The number of carbonyl (C=O) groups excluding carboxylic acids is 1. The van der Waals surface area contributed by atoms with Gasteiger partial charge in [-0.15, -0.1) is 0 Å². The summed E-state index contributed by atoms with van der Waals surface area (Å²) in [5.74, 6) is -1.07. The Hall–Kier alpha value is -2.33. The lowest BCUT2D eigenvalue weighted by molar-refractivity contribution is -0.120. The zero-order valence-corrected chi connectivity index (χ0v) is 20.5. The SMILES string of the molecule is Cn1c(=O)n(C)c2cc(NC(=O)[C@@H]3CCCN(S(=O)(=O)Cc4c(Cl)cccc4Cl)C3)ccc21. The van der Waals surface area contributed by atoms with E-state index in [4.69, 9.17) is 23.2 Å². The average Bonchev–Trinajstić information content (AvgIpc) is 3.00. The first-order chi connectivity index (χ1) is 15.6. The van der Waals surface area contributed by atoms with Crippen LogP contribution >= 0.6 is 23.2 Å². The summed E-state index contributed by atoms with van der Waals surface area (Å²) in [5, 5.41) is 3.46. The molecule has 0 aliphatic carbocycles. The van der Waals surface area contributed by atoms with Gasteiger partial charge in [0, 0.05) is 48.5 Å². The number of benzene rings is 2. The average molecular weight is 511 g/mol. The number of aromatic nitrogens is 2. The Morgan fingerprint density at radius 2 is 1.76 bits per heavy atom. The van der Waals surface area contributed by atoms with Gasteiger partial charge in [-0.05, 0) is 43.2 Å². The Bertz CT molecular complexity index is 1380. The van der Waals surface area contributed by atoms with E-state index in [1.165, 1.54) is 13.4 Å². The molecule has 1 N–H and O–H groups in total. The van der Waals surface area contributed by atoms with Gasteiger partial charge in [-0.1, -0.05) is 29.3 Å². The van der Waals surface area contributed by atoms with E-state index >= 15 is 0 Å². The van der Waals surface area contributed by atoms with Gasteiger partial charge in [-0.2, -0.15) is 0 Å². The van der Waals surface area contributed by atoms with Gasteiger partial charge in [-0.25, -0.2) is 17.5 Å². The normalized spacial score (nSPS) is 17.4. The third-order valence-corrected chi connectivity index (χ3v) is 8.56. The Balaban J connectivity index is 1.49. The number of fused-ring (bicyclic) bond motifs is 1. The van der Waals surface area contributed by atoms with Gasteiger partial charge in [0.2, 0.25) is 15.9 Å². The summed E-state index contributed by atoms with van der Waals surface area (Å²) in [6, 6.07) is 10.1. The Labute approximate surface area is 201 Å². The van der Waals surface area contributed by atoms with Crippen molar-refractivity contribution in [2.24, 2.45) is 20.0 Å². The van der Waals surface area contributed by atoms with Crippen molar-refractivity contribution in [1.82, 2.24) is 13.4 Å². The molecule has 4 rings (SSSR count). The molecular weight excluding hydrogens is 487 g/mol. The highest BCUT2D eigenvalue weighted by Crippen LogP contribution is 2.29. The summed E-state index contributed by atoms with van der Waals surface area (Å²) >= 11 is 12.3. The molecule has 2 aromatic carbocycles. The lowest BCUT2D eigenvalue weighted by atomic mass is 9.98. The van der Waals surface area contributed by atoms with E-state index in [0.717, 1.165) is 5.52 Å². The first kappa shape index (κ1) is 23.8. The highest BCUT2D eigenvalue weighted by atomic mass is 35.5. The van der Waals surface area contributed by atoms with Gasteiger partial charge in [0.1, 0.15) is 0 Å². The number of nitrogens with one attached hydrogen (secondary N) is 1. The number of nitrogens with zero attached hydrogens (tertiary/aromatic N) is 3. The van der Waals surface area contributed by atoms with E-state index in [1.54, 1.807) is 50.5 Å². The van der Waals surface area contributed by atoms with Crippen molar-refractivity contribution in [3.05, 3.63) is 62.5 Å². The number of anilines is 1. The van der Waals surface area contributed by atoms with Crippen LogP contribution in [0.5, 0.6) is 0 Å². The minimum absolute atomic E-state index is 0.0856. The Morgan fingerprint density at radius 3 is 2.45 bits per heavy atom. The van der Waals surface area contributed by atoms with Crippen molar-refractivity contribution in [3.63, 3.8) is 0 Å². The van der Waals surface area contributed by atoms with Crippen molar-refractivity contribution in [3.8, 4) is 0 Å². The summed E-state index contributed by atoms with van der Waals surface area (Å²) in [4.78, 5) is 25.1. The summed E-state index contributed by atoms with van der Waals surface area (Å²) in [6.45, 7) is 0.425. The number of carbonyl (C=O) groups is 1. The molecule has 8 nitrogen and oxygen atoms in total. The molecule has 1 fully saturated rings. The first-order valence-electron chi connectivity index (χ1n) is 10.5. The van der Waals surface area contributed by atoms with Gasteiger partial charge in [0.15, 0.2) is 0 Å². The van der Waals surface area contributed by atoms with E-state index in [-0.39, 0.29) is 23.9 Å². The molecule has 0 spiro atoms. The number of hydrogen-bond donors (Lipinski definition) is 1. The van der Waals surface area contributed by atoms with Crippen LogP contribution in [-0.2, 0) is 34.7 Å². The number of aryl methyl sites for hydroxylation is 2. The van der Waals surface area contributed by atoms with Crippen LogP contribution in [0.4, 0.5) is 5.69 Å². The lowest BCUT2D eigenvalue weighted by Crippen LogP contribution is -2.44. The molecule has 0 radical (unpaired) electrons. The largest absolute Gasteiger partial charge is 0.328 e. The molecule has 33 heavy (non-hydrogen) atoms. The van der Waals surface area contributed by atoms with E-state index in [1.807, 2.05) is 0 Å². The van der Waals surface area contributed by atoms with Gasteiger partial charge in [0.25, 0.3) is 0 Å². The molecule has 0 unspecified atom stereocenters. The maximum atomic E-state index is 13.0. The van der Waals surface area contributed by atoms with Crippen molar-refractivity contribution in [1.29, 1.82) is 0 Å². The van der Waals surface area contributed by atoms with Gasteiger partial charge in [-0.3, -0.25) is 13.9 Å². The van der Waals surface area contributed by atoms with E-state index < -0.39 is 15.9 Å². The Morgan fingerprint density at radius 1 is 1.09 bits per heavy atom. The molecular formula is C22H24Cl2N4O4S. The van der Waals surface area contributed by atoms with Crippen LogP contribution in [-0.4, -0.2) is 40.9 Å². The first-order valence-corrected chi connectivity index (χ1v) is 12.8. The zero-order chi connectivity index (χ0) is 23.9. The van der Waals surface area contributed by atoms with E-state index in [2.05, 4.69) is 5.32 Å². The number of amides is 1. The van der Waals surface area contributed by atoms with Crippen molar-refractivity contribution < 1.29 is 13.2 Å². The fourth-order valence-corrected chi connectivity index (χ4v) is 6.54. The minimum atomic E-state index is -3.71. The summed E-state index contributed by atoms with van der Waals surface area (Å²) < 4.78 is 30.5. The van der Waals surface area contributed by atoms with Crippen LogP contribution in [0.15, 0.2) is 41.2 Å². The molecule has 1 atom stereocenters. The predicted octanol–water partition coefficient (Wildman–Crippen LogP) is 3.36. The predicted molar refractivity (Wildman–Crippen MR) is 130 cm³/mol. The second-order valence-corrected chi connectivity index (χ2v) is 11.0. The van der Waals surface area contributed by atoms with Crippen LogP contribution in [0, 0.1) is 5.92 Å². The monoisotopic (exact) mass is 510 g/mol. The fourth-order valence-electron chi connectivity index (χ4n) is 4.18. The summed E-state index contributed by atoms with van der Waals surface area (Å²) in [5.41, 5.74) is 2.21. The van der Waals surface area contributed by atoms with Crippen molar-refractivity contribution in [2.45, 2.75) is 18.6 Å².